The molecular formula is C18H15Cl3N2O4. The van der Waals surface area contributed by atoms with Crippen LogP contribution < -0.4 is 10.6 Å². The van der Waals surface area contributed by atoms with Crippen molar-refractivity contribution in [3.8, 4) is 0 Å². The van der Waals surface area contributed by atoms with E-state index in [1.54, 1.807) is 25.1 Å². The van der Waals surface area contributed by atoms with Crippen molar-refractivity contribution in [1.29, 1.82) is 0 Å². The Morgan fingerprint density at radius 3 is 2.37 bits per heavy atom. The normalized spacial score (nSPS) is 10.2. The Morgan fingerprint density at radius 2 is 1.63 bits per heavy atom. The third-order valence-corrected chi connectivity index (χ3v) is 4.72. The van der Waals surface area contributed by atoms with Crippen LogP contribution in [0.25, 0.3) is 0 Å². The van der Waals surface area contributed by atoms with E-state index < -0.39 is 24.4 Å². The zero-order valence-electron chi connectivity index (χ0n) is 14.1. The van der Waals surface area contributed by atoms with Crippen LogP contribution in [0.1, 0.15) is 15.9 Å². The summed E-state index contributed by atoms with van der Waals surface area (Å²) in [5.41, 5.74) is 1.31. The fourth-order valence-corrected chi connectivity index (χ4v) is 2.59. The molecule has 0 saturated heterocycles. The lowest BCUT2D eigenvalue weighted by Crippen LogP contribution is -2.35. The molecule has 0 heterocycles. The van der Waals surface area contributed by atoms with Gasteiger partial charge >= 0.3 is 5.97 Å². The third-order valence-electron chi connectivity index (χ3n) is 3.49. The van der Waals surface area contributed by atoms with Gasteiger partial charge in [-0.25, -0.2) is 4.79 Å². The van der Waals surface area contributed by atoms with Gasteiger partial charge in [0.1, 0.15) is 0 Å². The molecule has 0 saturated carbocycles. The monoisotopic (exact) mass is 428 g/mol. The molecule has 0 aliphatic carbocycles. The number of esters is 1. The Hall–Kier alpha value is -2.28. The van der Waals surface area contributed by atoms with E-state index in [0.717, 1.165) is 0 Å². The maximum atomic E-state index is 11.9. The highest BCUT2D eigenvalue weighted by molar-refractivity contribution is 6.43. The molecule has 2 N–H and O–H groups in total. The van der Waals surface area contributed by atoms with E-state index in [0.29, 0.717) is 16.3 Å². The fourth-order valence-electron chi connectivity index (χ4n) is 2.04. The molecule has 0 bridgehead atoms. The van der Waals surface area contributed by atoms with Crippen LogP contribution >= 0.6 is 34.8 Å². The molecule has 2 amide bonds. The van der Waals surface area contributed by atoms with E-state index in [1.165, 1.54) is 18.2 Å². The number of nitrogens with one attached hydrogen (secondary N) is 2. The van der Waals surface area contributed by atoms with Crippen LogP contribution in [0.4, 0.5) is 5.69 Å². The van der Waals surface area contributed by atoms with Gasteiger partial charge in [0.2, 0.25) is 5.91 Å². The van der Waals surface area contributed by atoms with Crippen molar-refractivity contribution in [1.82, 2.24) is 5.32 Å². The molecule has 0 aliphatic heterocycles. The molecule has 0 spiro atoms. The maximum Gasteiger partial charge on any atom is 0.340 e. The number of amides is 2. The number of carbonyl (C=O) groups excluding carboxylic acids is 3. The highest BCUT2D eigenvalue weighted by atomic mass is 35.5. The molecule has 0 aliphatic rings. The van der Waals surface area contributed by atoms with Gasteiger partial charge in [0.15, 0.2) is 6.61 Å². The zero-order chi connectivity index (χ0) is 20.0. The van der Waals surface area contributed by atoms with E-state index in [1.807, 2.05) is 0 Å². The molecule has 0 fully saturated rings. The second-order valence-electron chi connectivity index (χ2n) is 5.41. The van der Waals surface area contributed by atoms with Crippen LogP contribution in [-0.4, -0.2) is 30.9 Å². The van der Waals surface area contributed by atoms with Gasteiger partial charge in [-0.05, 0) is 36.8 Å². The topological polar surface area (TPSA) is 84.5 Å². The van der Waals surface area contributed by atoms with Crippen LogP contribution in [0.3, 0.4) is 0 Å². The van der Waals surface area contributed by atoms with Crippen molar-refractivity contribution in [3.05, 3.63) is 62.6 Å². The summed E-state index contributed by atoms with van der Waals surface area (Å²) in [5, 5.41) is 5.74. The van der Waals surface area contributed by atoms with Crippen molar-refractivity contribution in [2.24, 2.45) is 0 Å². The predicted octanol–water partition coefficient (Wildman–Crippen LogP) is 3.87. The minimum absolute atomic E-state index is 0.0424. The molecule has 0 aromatic heterocycles. The van der Waals surface area contributed by atoms with Gasteiger partial charge in [-0.1, -0.05) is 46.9 Å². The third kappa shape index (κ3) is 5.85. The molecule has 2 aromatic carbocycles. The molecule has 0 radical (unpaired) electrons. The Balaban J connectivity index is 1.80. The second kappa shape index (κ2) is 9.60. The van der Waals surface area contributed by atoms with E-state index in [9.17, 15) is 14.4 Å². The Kier molecular flexibility index (Phi) is 7.47. The summed E-state index contributed by atoms with van der Waals surface area (Å²) in [6, 6.07) is 9.58. The maximum absolute atomic E-state index is 11.9. The number of anilines is 1. The standard InChI is InChI=1S/C18H15Cl3N2O4/c1-10-12(19)5-3-7-14(10)23-15(24)8-22-16(25)9-27-18(26)11-4-2-6-13(20)17(11)21/h2-7H,8-9H2,1H3,(H,22,25)(H,23,24). The largest absolute Gasteiger partial charge is 0.452 e. The van der Waals surface area contributed by atoms with Crippen LogP contribution in [0.5, 0.6) is 0 Å². The van der Waals surface area contributed by atoms with Crippen molar-refractivity contribution in [3.63, 3.8) is 0 Å². The predicted molar refractivity (Wildman–Crippen MR) is 105 cm³/mol. The number of halogens is 3. The van der Waals surface area contributed by atoms with Crippen molar-refractivity contribution in [2.45, 2.75) is 6.92 Å². The van der Waals surface area contributed by atoms with E-state index >= 15 is 0 Å². The highest BCUT2D eigenvalue weighted by Gasteiger charge is 2.16. The summed E-state index contributed by atoms with van der Waals surface area (Å²) in [7, 11) is 0. The van der Waals surface area contributed by atoms with Gasteiger partial charge in [-0.15, -0.1) is 0 Å². The minimum atomic E-state index is -0.795. The number of hydrogen-bond acceptors (Lipinski definition) is 4. The molecule has 6 nitrogen and oxygen atoms in total. The van der Waals surface area contributed by atoms with Crippen LogP contribution in [0, 0.1) is 6.92 Å². The van der Waals surface area contributed by atoms with Crippen molar-refractivity contribution >= 4 is 58.3 Å². The Labute approximate surface area is 170 Å². The van der Waals surface area contributed by atoms with Crippen molar-refractivity contribution < 1.29 is 19.1 Å². The Morgan fingerprint density at radius 1 is 0.963 bits per heavy atom. The number of benzene rings is 2. The van der Waals surface area contributed by atoms with Gasteiger partial charge in [0.25, 0.3) is 5.91 Å². The summed E-state index contributed by atoms with van der Waals surface area (Å²) in [6.07, 6.45) is 0. The van der Waals surface area contributed by atoms with E-state index in [4.69, 9.17) is 39.5 Å². The van der Waals surface area contributed by atoms with Gasteiger partial charge in [0, 0.05) is 10.7 Å². The summed E-state index contributed by atoms with van der Waals surface area (Å²) >= 11 is 17.7. The number of ether oxygens (including phenoxy) is 1. The van der Waals surface area contributed by atoms with E-state index in [2.05, 4.69) is 10.6 Å². The van der Waals surface area contributed by atoms with Gasteiger partial charge in [-0.2, -0.15) is 0 Å². The zero-order valence-corrected chi connectivity index (χ0v) is 16.4. The summed E-state index contributed by atoms with van der Waals surface area (Å²) in [6.45, 7) is 0.905. The first-order valence-electron chi connectivity index (χ1n) is 7.72. The number of hydrogen-bond donors (Lipinski definition) is 2. The first kappa shape index (κ1) is 21.0. The average Bonchev–Trinajstić information content (AvgIpc) is 2.64. The molecule has 2 aromatic rings. The molecular weight excluding hydrogens is 415 g/mol. The van der Waals surface area contributed by atoms with Crippen LogP contribution in [0.15, 0.2) is 36.4 Å². The molecule has 2 rings (SSSR count). The fraction of sp³-hybridized carbons (Fsp3) is 0.167. The summed E-state index contributed by atoms with van der Waals surface area (Å²) < 4.78 is 4.87. The van der Waals surface area contributed by atoms with Gasteiger partial charge in [-0.3, -0.25) is 9.59 Å². The SMILES string of the molecule is Cc1c(Cl)cccc1NC(=O)CNC(=O)COC(=O)c1cccc(Cl)c1Cl. The lowest BCUT2D eigenvalue weighted by molar-refractivity contribution is -0.126. The van der Waals surface area contributed by atoms with Crippen LogP contribution in [-0.2, 0) is 14.3 Å². The first-order chi connectivity index (χ1) is 12.8. The quantitative estimate of drug-likeness (QED) is 0.683. The smallest absolute Gasteiger partial charge is 0.340 e. The highest BCUT2D eigenvalue weighted by Crippen LogP contribution is 2.26. The lowest BCUT2D eigenvalue weighted by Gasteiger charge is -2.10. The lowest BCUT2D eigenvalue weighted by atomic mass is 10.2. The molecule has 27 heavy (non-hydrogen) atoms. The van der Waals surface area contributed by atoms with Crippen LogP contribution in [0.2, 0.25) is 15.1 Å². The molecule has 9 heteroatoms. The second-order valence-corrected chi connectivity index (χ2v) is 6.61. The molecule has 0 unspecified atom stereocenters. The first-order valence-corrected chi connectivity index (χ1v) is 8.85. The molecule has 0 atom stereocenters. The van der Waals surface area contributed by atoms with Gasteiger partial charge in [0.05, 0.1) is 22.2 Å². The average molecular weight is 430 g/mol. The number of carbonyl (C=O) groups is 3. The molecule has 142 valence electrons. The van der Waals surface area contributed by atoms with Crippen molar-refractivity contribution in [2.75, 3.05) is 18.5 Å². The minimum Gasteiger partial charge on any atom is -0.452 e. The summed E-state index contributed by atoms with van der Waals surface area (Å²) in [5.74, 6) is -1.88. The Bertz CT molecular complexity index is 887. The summed E-state index contributed by atoms with van der Waals surface area (Å²) in [4.78, 5) is 35.6. The van der Waals surface area contributed by atoms with E-state index in [-0.39, 0.29) is 22.2 Å². The number of rotatable bonds is 6. The van der Waals surface area contributed by atoms with Gasteiger partial charge < -0.3 is 15.4 Å².